The Hall–Kier alpha value is -2.17. The van der Waals surface area contributed by atoms with Crippen LogP contribution in [0.25, 0.3) is 0 Å². The molecule has 156 valence electrons. The number of halogens is 1. The SMILES string of the molecule is Clc1ccc2c(c1)CCc1cccnc1C2C1CCN(CCCc2cnc[nH]2)CC1. The lowest BCUT2D eigenvalue weighted by atomic mass is 9.76. The molecule has 0 radical (unpaired) electrons. The molecule has 5 rings (SSSR count). The summed E-state index contributed by atoms with van der Waals surface area (Å²) in [6.45, 7) is 3.52. The van der Waals surface area contributed by atoms with Gasteiger partial charge in [-0.05, 0) is 99.0 Å². The summed E-state index contributed by atoms with van der Waals surface area (Å²) in [4.78, 5) is 14.9. The third-order valence-corrected chi connectivity index (χ3v) is 7.14. The first-order chi connectivity index (χ1) is 14.8. The van der Waals surface area contributed by atoms with Crippen molar-refractivity contribution in [3.8, 4) is 0 Å². The van der Waals surface area contributed by atoms with E-state index in [1.165, 1.54) is 60.4 Å². The third kappa shape index (κ3) is 4.17. The fourth-order valence-corrected chi connectivity index (χ4v) is 5.55. The fourth-order valence-electron chi connectivity index (χ4n) is 5.35. The number of pyridine rings is 1. The lowest BCUT2D eigenvalue weighted by Crippen LogP contribution is -2.37. The van der Waals surface area contributed by atoms with Gasteiger partial charge in [0.05, 0.1) is 12.0 Å². The second kappa shape index (κ2) is 8.91. The molecule has 1 atom stereocenters. The molecule has 1 aliphatic carbocycles. The number of hydrogen-bond acceptors (Lipinski definition) is 3. The molecule has 1 aromatic carbocycles. The molecule has 4 nitrogen and oxygen atoms in total. The maximum Gasteiger partial charge on any atom is 0.0921 e. The zero-order valence-electron chi connectivity index (χ0n) is 17.4. The van der Waals surface area contributed by atoms with Crippen LogP contribution < -0.4 is 0 Å². The zero-order chi connectivity index (χ0) is 20.3. The molecular weight excluding hydrogens is 392 g/mol. The summed E-state index contributed by atoms with van der Waals surface area (Å²) in [5, 5.41) is 0.846. The van der Waals surface area contributed by atoms with Gasteiger partial charge in [0.25, 0.3) is 0 Å². The summed E-state index contributed by atoms with van der Waals surface area (Å²) in [5.74, 6) is 1.03. The Morgan fingerprint density at radius 3 is 2.80 bits per heavy atom. The molecule has 1 fully saturated rings. The molecule has 0 bridgehead atoms. The van der Waals surface area contributed by atoms with Crippen LogP contribution in [0.3, 0.4) is 0 Å². The lowest BCUT2D eigenvalue weighted by molar-refractivity contribution is 0.172. The Morgan fingerprint density at radius 2 is 1.97 bits per heavy atom. The molecule has 5 heteroatoms. The van der Waals surface area contributed by atoms with E-state index in [9.17, 15) is 0 Å². The Morgan fingerprint density at radius 1 is 1.10 bits per heavy atom. The van der Waals surface area contributed by atoms with Gasteiger partial charge in [0.15, 0.2) is 0 Å². The summed E-state index contributed by atoms with van der Waals surface area (Å²) in [6, 6.07) is 10.9. The van der Waals surface area contributed by atoms with E-state index in [2.05, 4.69) is 45.2 Å². The normalized spacial score (nSPS) is 19.8. The van der Waals surface area contributed by atoms with E-state index < -0.39 is 0 Å². The maximum atomic E-state index is 6.35. The monoisotopic (exact) mass is 420 g/mol. The lowest BCUT2D eigenvalue weighted by Gasteiger charge is -2.36. The van der Waals surface area contributed by atoms with Gasteiger partial charge in [-0.15, -0.1) is 0 Å². The van der Waals surface area contributed by atoms with Gasteiger partial charge in [0.2, 0.25) is 0 Å². The van der Waals surface area contributed by atoms with E-state index in [1.807, 2.05) is 12.4 Å². The molecule has 3 heterocycles. The largest absolute Gasteiger partial charge is 0.348 e. The summed E-state index contributed by atoms with van der Waals surface area (Å²) in [6.07, 6.45) is 12.5. The van der Waals surface area contributed by atoms with E-state index in [-0.39, 0.29) is 0 Å². The van der Waals surface area contributed by atoms with E-state index in [0.29, 0.717) is 11.8 Å². The number of rotatable bonds is 5. The molecule has 3 aromatic rings. The molecule has 1 saturated heterocycles. The van der Waals surface area contributed by atoms with Crippen LogP contribution in [-0.2, 0) is 19.3 Å². The Labute approximate surface area is 183 Å². The van der Waals surface area contributed by atoms with Crippen molar-refractivity contribution in [3.05, 3.63) is 82.2 Å². The molecular formula is C25H29ClN4. The number of nitrogens with one attached hydrogen (secondary N) is 1. The average molecular weight is 421 g/mol. The topological polar surface area (TPSA) is 44.8 Å². The summed E-state index contributed by atoms with van der Waals surface area (Å²) in [7, 11) is 0. The van der Waals surface area contributed by atoms with Crippen LogP contribution in [0, 0.1) is 5.92 Å². The number of aromatic amines is 1. The van der Waals surface area contributed by atoms with Crippen molar-refractivity contribution in [2.45, 2.75) is 44.4 Å². The summed E-state index contributed by atoms with van der Waals surface area (Å²) < 4.78 is 0. The number of aromatic nitrogens is 3. The van der Waals surface area contributed by atoms with Gasteiger partial charge < -0.3 is 9.88 Å². The first kappa shape index (κ1) is 19.8. The van der Waals surface area contributed by atoms with Crippen LogP contribution in [0.5, 0.6) is 0 Å². The van der Waals surface area contributed by atoms with Gasteiger partial charge >= 0.3 is 0 Å². The molecule has 1 N–H and O–H groups in total. The average Bonchev–Trinajstić information content (AvgIpc) is 3.23. The van der Waals surface area contributed by atoms with Gasteiger partial charge in [-0.1, -0.05) is 23.7 Å². The fraction of sp³-hybridized carbons (Fsp3) is 0.440. The van der Waals surface area contributed by atoms with E-state index in [0.717, 1.165) is 30.8 Å². The minimum Gasteiger partial charge on any atom is -0.348 e. The molecule has 1 unspecified atom stereocenters. The quantitative estimate of drug-likeness (QED) is 0.629. The molecule has 0 amide bonds. The van der Waals surface area contributed by atoms with Crippen molar-refractivity contribution in [3.63, 3.8) is 0 Å². The van der Waals surface area contributed by atoms with E-state index >= 15 is 0 Å². The Balaban J connectivity index is 1.31. The van der Waals surface area contributed by atoms with Crippen LogP contribution in [0.15, 0.2) is 49.1 Å². The van der Waals surface area contributed by atoms with Crippen molar-refractivity contribution in [1.29, 1.82) is 0 Å². The van der Waals surface area contributed by atoms with Crippen molar-refractivity contribution in [2.24, 2.45) is 5.92 Å². The molecule has 2 aromatic heterocycles. The number of likely N-dealkylation sites (tertiary alicyclic amines) is 1. The number of fused-ring (bicyclic) bond motifs is 2. The first-order valence-corrected chi connectivity index (χ1v) is 11.6. The van der Waals surface area contributed by atoms with Gasteiger partial charge in [-0.3, -0.25) is 4.98 Å². The van der Waals surface area contributed by atoms with Gasteiger partial charge in [0.1, 0.15) is 0 Å². The third-order valence-electron chi connectivity index (χ3n) is 6.90. The molecule has 0 saturated carbocycles. The number of aryl methyl sites for hydroxylation is 3. The minimum atomic E-state index is 0.392. The number of benzene rings is 1. The van der Waals surface area contributed by atoms with Crippen LogP contribution >= 0.6 is 11.6 Å². The zero-order valence-corrected chi connectivity index (χ0v) is 18.1. The number of nitrogens with zero attached hydrogens (tertiary/aromatic N) is 3. The summed E-state index contributed by atoms with van der Waals surface area (Å²) in [5.41, 5.74) is 6.82. The van der Waals surface area contributed by atoms with Crippen LogP contribution in [0.2, 0.25) is 5.02 Å². The molecule has 0 spiro atoms. The van der Waals surface area contributed by atoms with E-state index in [4.69, 9.17) is 16.6 Å². The predicted octanol–water partition coefficient (Wildman–Crippen LogP) is 5.03. The smallest absolute Gasteiger partial charge is 0.0921 e. The molecule has 1 aliphatic heterocycles. The second-order valence-electron chi connectivity index (χ2n) is 8.73. The van der Waals surface area contributed by atoms with Gasteiger partial charge in [0, 0.05) is 29.0 Å². The minimum absolute atomic E-state index is 0.392. The maximum absolute atomic E-state index is 6.35. The van der Waals surface area contributed by atoms with Gasteiger partial charge in [-0.2, -0.15) is 0 Å². The number of hydrogen-bond donors (Lipinski definition) is 1. The molecule has 30 heavy (non-hydrogen) atoms. The Bertz CT molecular complexity index is 977. The van der Waals surface area contributed by atoms with Crippen molar-refractivity contribution in [1.82, 2.24) is 19.9 Å². The standard InChI is InChI=1S/C25H29ClN4/c26-21-7-8-23-20(15-21)6-5-19-3-1-11-28-25(19)24(23)18-9-13-30(14-10-18)12-2-4-22-16-27-17-29-22/h1,3,7-8,11,15-18,24H,2,4-6,9-10,12-14H2,(H,27,29). The van der Waals surface area contributed by atoms with E-state index in [1.54, 1.807) is 6.33 Å². The van der Waals surface area contributed by atoms with Crippen molar-refractivity contribution in [2.75, 3.05) is 19.6 Å². The second-order valence-corrected chi connectivity index (χ2v) is 9.16. The predicted molar refractivity (Wildman–Crippen MR) is 121 cm³/mol. The number of piperidine rings is 1. The highest BCUT2D eigenvalue weighted by Gasteiger charge is 2.33. The van der Waals surface area contributed by atoms with Crippen molar-refractivity contribution >= 4 is 11.6 Å². The van der Waals surface area contributed by atoms with Crippen LogP contribution in [0.4, 0.5) is 0 Å². The van der Waals surface area contributed by atoms with Crippen molar-refractivity contribution < 1.29 is 0 Å². The van der Waals surface area contributed by atoms with Crippen LogP contribution in [-0.4, -0.2) is 39.5 Å². The molecule has 2 aliphatic rings. The highest BCUT2D eigenvalue weighted by atomic mass is 35.5. The first-order valence-electron chi connectivity index (χ1n) is 11.2. The highest BCUT2D eigenvalue weighted by Crippen LogP contribution is 2.42. The van der Waals surface area contributed by atoms with Crippen LogP contribution in [0.1, 0.15) is 53.3 Å². The Kier molecular flexibility index (Phi) is 5.87. The van der Waals surface area contributed by atoms with Gasteiger partial charge in [-0.25, -0.2) is 4.98 Å². The number of imidazole rings is 1. The number of H-pyrrole nitrogens is 1. The summed E-state index contributed by atoms with van der Waals surface area (Å²) >= 11 is 6.35. The highest BCUT2D eigenvalue weighted by molar-refractivity contribution is 6.30.